The van der Waals surface area contributed by atoms with Crippen molar-refractivity contribution in [2.45, 2.75) is 45.4 Å². The third-order valence-electron chi connectivity index (χ3n) is 5.83. The van der Waals surface area contributed by atoms with E-state index in [1.54, 1.807) is 13.3 Å². The summed E-state index contributed by atoms with van der Waals surface area (Å²) in [4.78, 5) is 4.93. The molecule has 29 heavy (non-hydrogen) atoms. The number of methoxy groups -OCH3 is 1. The van der Waals surface area contributed by atoms with Gasteiger partial charge in [0.2, 0.25) is 0 Å². The van der Waals surface area contributed by atoms with Gasteiger partial charge < -0.3 is 15.4 Å². The van der Waals surface area contributed by atoms with Gasteiger partial charge in [0.25, 0.3) is 0 Å². The molecule has 6 nitrogen and oxygen atoms in total. The summed E-state index contributed by atoms with van der Waals surface area (Å²) in [5, 5.41) is 11.2. The van der Waals surface area contributed by atoms with Crippen LogP contribution in [-0.2, 0) is 11.2 Å². The molecule has 0 unspecified atom stereocenters. The van der Waals surface area contributed by atoms with Crippen molar-refractivity contribution >= 4 is 5.96 Å². The van der Waals surface area contributed by atoms with E-state index in [0.717, 1.165) is 50.7 Å². The molecule has 0 radical (unpaired) electrons. The number of rotatable bonds is 10. The summed E-state index contributed by atoms with van der Waals surface area (Å²) in [6.07, 6.45) is 11.0. The maximum atomic E-state index is 5.34. The maximum absolute atomic E-state index is 5.34. The van der Waals surface area contributed by atoms with Crippen LogP contribution >= 0.6 is 0 Å². The molecule has 0 amide bonds. The molecule has 1 aliphatic rings. The fourth-order valence-corrected chi connectivity index (χ4v) is 4.08. The van der Waals surface area contributed by atoms with E-state index in [0.29, 0.717) is 5.41 Å². The molecule has 1 aromatic carbocycles. The van der Waals surface area contributed by atoms with Crippen LogP contribution in [0.4, 0.5) is 0 Å². The van der Waals surface area contributed by atoms with E-state index in [4.69, 9.17) is 9.73 Å². The summed E-state index contributed by atoms with van der Waals surface area (Å²) in [7, 11) is 1.79. The molecule has 0 aliphatic heterocycles. The molecule has 2 N–H and O–H groups in total. The largest absolute Gasteiger partial charge is 0.385 e. The Hall–Kier alpha value is -2.34. The van der Waals surface area contributed by atoms with Crippen molar-refractivity contribution in [2.24, 2.45) is 10.4 Å². The molecule has 0 bridgehead atoms. The molecule has 3 rings (SSSR count). The molecular formula is C23H35N5O. The third-order valence-corrected chi connectivity index (χ3v) is 5.83. The average molecular weight is 398 g/mol. The van der Waals surface area contributed by atoms with Crippen molar-refractivity contribution in [3.05, 3.63) is 48.3 Å². The molecule has 6 heteroatoms. The lowest BCUT2D eigenvalue weighted by molar-refractivity contribution is 0.141. The smallest absolute Gasteiger partial charge is 0.191 e. The number of guanidine groups is 1. The second kappa shape index (κ2) is 11.0. The number of benzene rings is 1. The molecule has 0 atom stereocenters. The van der Waals surface area contributed by atoms with Crippen molar-refractivity contribution in [2.75, 3.05) is 33.4 Å². The van der Waals surface area contributed by atoms with Crippen molar-refractivity contribution in [1.29, 1.82) is 0 Å². The molecule has 0 saturated heterocycles. The number of hydrogen-bond donors (Lipinski definition) is 2. The van der Waals surface area contributed by atoms with Crippen molar-refractivity contribution in [1.82, 2.24) is 20.4 Å². The van der Waals surface area contributed by atoms with Gasteiger partial charge in [0.1, 0.15) is 0 Å². The lowest BCUT2D eigenvalue weighted by Gasteiger charge is -2.27. The van der Waals surface area contributed by atoms with Crippen LogP contribution < -0.4 is 10.6 Å². The number of nitrogens with zero attached hydrogens (tertiary/aromatic N) is 3. The fourth-order valence-electron chi connectivity index (χ4n) is 4.08. The first-order valence-corrected chi connectivity index (χ1v) is 10.8. The number of nitrogens with one attached hydrogen (secondary N) is 2. The minimum absolute atomic E-state index is 0.320. The molecule has 0 spiro atoms. The number of aromatic nitrogens is 2. The second-order valence-electron chi connectivity index (χ2n) is 7.94. The van der Waals surface area contributed by atoms with Crippen LogP contribution in [0.1, 0.15) is 44.6 Å². The first-order valence-electron chi connectivity index (χ1n) is 10.8. The molecule has 1 aliphatic carbocycles. The van der Waals surface area contributed by atoms with E-state index in [1.165, 1.54) is 31.2 Å². The SMILES string of the molecule is CCNC(=NCC1(CCOC)CCCC1)NCCc1ccc(-n2cccn2)cc1. The van der Waals surface area contributed by atoms with E-state index < -0.39 is 0 Å². The van der Waals surface area contributed by atoms with Crippen molar-refractivity contribution in [3.63, 3.8) is 0 Å². The van der Waals surface area contributed by atoms with E-state index >= 15 is 0 Å². The standard InChI is InChI=1S/C23H35N5O/c1-3-24-22(26-19-23(14-18-29-2)12-4-5-13-23)25-16-11-20-7-9-21(10-8-20)28-17-6-15-27-28/h6-10,15,17H,3-5,11-14,16,18-19H2,1-2H3,(H2,24,25,26). The zero-order valence-corrected chi connectivity index (χ0v) is 17.9. The Kier molecular flexibility index (Phi) is 8.11. The van der Waals surface area contributed by atoms with Crippen molar-refractivity contribution < 1.29 is 4.74 Å². The summed E-state index contributed by atoms with van der Waals surface area (Å²) >= 11 is 0. The Morgan fingerprint density at radius 3 is 2.66 bits per heavy atom. The van der Waals surface area contributed by atoms with Gasteiger partial charge in [0.15, 0.2) is 5.96 Å². The predicted molar refractivity (Wildman–Crippen MR) is 119 cm³/mol. The quantitative estimate of drug-likeness (QED) is 0.475. The van der Waals surface area contributed by atoms with E-state index in [1.807, 2.05) is 16.9 Å². The van der Waals surface area contributed by atoms with E-state index in [2.05, 4.69) is 46.9 Å². The number of ether oxygens (including phenoxy) is 1. The summed E-state index contributed by atoms with van der Waals surface area (Å²) in [5.41, 5.74) is 2.71. The Bertz CT molecular complexity index is 733. The first-order chi connectivity index (χ1) is 14.2. The molecule has 158 valence electrons. The molecule has 1 saturated carbocycles. The molecule has 1 heterocycles. The lowest BCUT2D eigenvalue weighted by Crippen LogP contribution is -2.39. The third kappa shape index (κ3) is 6.32. The topological polar surface area (TPSA) is 63.5 Å². The zero-order valence-electron chi connectivity index (χ0n) is 17.9. The van der Waals surface area contributed by atoms with Crippen LogP contribution in [0.3, 0.4) is 0 Å². The van der Waals surface area contributed by atoms with E-state index in [9.17, 15) is 0 Å². The highest BCUT2D eigenvalue weighted by molar-refractivity contribution is 5.79. The fraction of sp³-hybridized carbons (Fsp3) is 0.565. The Labute approximate surface area is 174 Å². The number of hydrogen-bond acceptors (Lipinski definition) is 3. The molecule has 1 fully saturated rings. The monoisotopic (exact) mass is 397 g/mol. The lowest BCUT2D eigenvalue weighted by atomic mass is 9.83. The maximum Gasteiger partial charge on any atom is 0.191 e. The van der Waals surface area contributed by atoms with E-state index in [-0.39, 0.29) is 0 Å². The minimum Gasteiger partial charge on any atom is -0.385 e. The summed E-state index contributed by atoms with van der Waals surface area (Å²) in [5.74, 6) is 0.921. The second-order valence-corrected chi connectivity index (χ2v) is 7.94. The summed E-state index contributed by atoms with van der Waals surface area (Å²) in [6.45, 7) is 5.55. The van der Waals surface area contributed by atoms with Gasteiger partial charge in [-0.2, -0.15) is 5.10 Å². The number of aliphatic imine (C=N–C) groups is 1. The van der Waals surface area contributed by atoms with Gasteiger partial charge in [0, 0.05) is 45.7 Å². The highest BCUT2D eigenvalue weighted by atomic mass is 16.5. The first kappa shape index (κ1) is 21.4. The molecule has 2 aromatic rings. The van der Waals surface area contributed by atoms with Gasteiger partial charge >= 0.3 is 0 Å². The van der Waals surface area contributed by atoms with Gasteiger partial charge in [-0.3, -0.25) is 4.99 Å². The normalized spacial score (nSPS) is 16.1. The van der Waals surface area contributed by atoms with Crippen LogP contribution in [-0.4, -0.2) is 49.1 Å². The Morgan fingerprint density at radius 2 is 2.00 bits per heavy atom. The predicted octanol–water partition coefficient (Wildman–Crippen LogP) is 3.57. The van der Waals surface area contributed by atoms with Crippen LogP contribution in [0.25, 0.3) is 5.69 Å². The minimum atomic E-state index is 0.320. The van der Waals surface area contributed by atoms with Crippen LogP contribution in [0, 0.1) is 5.41 Å². The van der Waals surface area contributed by atoms with Gasteiger partial charge in [-0.1, -0.05) is 25.0 Å². The van der Waals surface area contributed by atoms with Crippen LogP contribution in [0.15, 0.2) is 47.7 Å². The van der Waals surface area contributed by atoms with Gasteiger partial charge in [-0.15, -0.1) is 0 Å². The molecular weight excluding hydrogens is 362 g/mol. The van der Waals surface area contributed by atoms with Gasteiger partial charge in [-0.25, -0.2) is 4.68 Å². The Balaban J connectivity index is 1.51. The average Bonchev–Trinajstić information content (AvgIpc) is 3.44. The summed E-state index contributed by atoms with van der Waals surface area (Å²) < 4.78 is 7.22. The van der Waals surface area contributed by atoms with Crippen LogP contribution in [0.2, 0.25) is 0 Å². The highest BCUT2D eigenvalue weighted by Gasteiger charge is 2.33. The highest BCUT2D eigenvalue weighted by Crippen LogP contribution is 2.41. The van der Waals surface area contributed by atoms with Crippen LogP contribution in [0.5, 0.6) is 0 Å². The zero-order chi connectivity index (χ0) is 20.4. The van der Waals surface area contributed by atoms with Gasteiger partial charge in [-0.05, 0) is 61.8 Å². The van der Waals surface area contributed by atoms with Crippen molar-refractivity contribution in [3.8, 4) is 5.69 Å². The Morgan fingerprint density at radius 1 is 1.21 bits per heavy atom. The summed E-state index contributed by atoms with van der Waals surface area (Å²) in [6, 6.07) is 10.5. The molecule has 1 aromatic heterocycles. The van der Waals surface area contributed by atoms with Gasteiger partial charge in [0.05, 0.1) is 5.69 Å².